The molecule has 7 rings (SSSR count). The van der Waals surface area contributed by atoms with Crippen LogP contribution in [0.4, 0.5) is 0 Å². The van der Waals surface area contributed by atoms with Crippen molar-refractivity contribution < 1.29 is 0 Å². The van der Waals surface area contributed by atoms with Crippen molar-refractivity contribution in [1.29, 1.82) is 0 Å². The first-order valence-corrected chi connectivity index (χ1v) is 14.0. The van der Waals surface area contributed by atoms with E-state index in [1.807, 2.05) is 30.3 Å². The third-order valence-corrected chi connectivity index (χ3v) is 9.21. The first kappa shape index (κ1) is 24.5. The van der Waals surface area contributed by atoms with E-state index in [1.165, 1.54) is 33.4 Å². The van der Waals surface area contributed by atoms with Gasteiger partial charge in [0.05, 0.1) is 22.4 Å². The molecule has 1 aliphatic carbocycles. The molecule has 0 amide bonds. The summed E-state index contributed by atoms with van der Waals surface area (Å²) in [5.41, 5.74) is 13.5. The lowest BCUT2D eigenvalue weighted by Crippen LogP contribution is -2.44. The summed E-state index contributed by atoms with van der Waals surface area (Å²) in [6, 6.07) is 43.1. The van der Waals surface area contributed by atoms with Crippen LogP contribution in [0.3, 0.4) is 0 Å². The maximum Gasteiger partial charge on any atom is 0.0973 e. The Bertz CT molecular complexity index is 1880. The van der Waals surface area contributed by atoms with Crippen LogP contribution in [-0.2, 0) is 10.8 Å². The minimum atomic E-state index is -0.0872. The molecule has 0 saturated heterocycles. The lowest BCUT2D eigenvalue weighted by molar-refractivity contribution is 0.300. The van der Waals surface area contributed by atoms with Crippen molar-refractivity contribution in [3.63, 3.8) is 0 Å². The van der Waals surface area contributed by atoms with Crippen molar-refractivity contribution in [1.82, 2.24) is 9.97 Å². The van der Waals surface area contributed by atoms with Gasteiger partial charge in [0.25, 0.3) is 0 Å². The fraction of sp³-hybridized carbons (Fsp3) is 0.158. The summed E-state index contributed by atoms with van der Waals surface area (Å²) in [5.74, 6) is 0. The lowest BCUT2D eigenvalue weighted by Gasteiger charge is -2.49. The molecular weight excluding hydrogens is 484 g/mol. The number of fused-ring (bicyclic) bond motifs is 4. The largest absolute Gasteiger partial charge is 0.244 e. The van der Waals surface area contributed by atoms with Gasteiger partial charge in [-0.1, -0.05) is 131 Å². The predicted octanol–water partition coefficient (Wildman–Crippen LogP) is 9.87. The van der Waals surface area contributed by atoms with Crippen LogP contribution in [-0.4, -0.2) is 9.97 Å². The van der Waals surface area contributed by atoms with E-state index in [-0.39, 0.29) is 10.8 Å². The maximum absolute atomic E-state index is 5.19. The summed E-state index contributed by atoms with van der Waals surface area (Å²) < 4.78 is 0. The van der Waals surface area contributed by atoms with Gasteiger partial charge in [0.2, 0.25) is 0 Å². The minimum absolute atomic E-state index is 0.0821. The second kappa shape index (κ2) is 8.99. The highest BCUT2D eigenvalue weighted by Gasteiger charge is 2.47. The Hall–Kier alpha value is -4.56. The molecular formula is C38H32N2. The third-order valence-electron chi connectivity index (χ3n) is 9.21. The van der Waals surface area contributed by atoms with Crippen LogP contribution in [0.1, 0.15) is 38.8 Å². The molecule has 194 valence electrons. The molecule has 0 bridgehead atoms. The maximum atomic E-state index is 5.19. The number of para-hydroxylation sites is 2. The van der Waals surface area contributed by atoms with Crippen molar-refractivity contribution in [2.45, 2.75) is 38.5 Å². The molecule has 6 aromatic rings. The second-order valence-corrected chi connectivity index (χ2v) is 11.9. The monoisotopic (exact) mass is 516 g/mol. The molecule has 1 heterocycles. The number of nitrogens with zero attached hydrogens (tertiary/aromatic N) is 2. The molecule has 0 unspecified atom stereocenters. The predicted molar refractivity (Wildman–Crippen MR) is 167 cm³/mol. The molecule has 0 spiro atoms. The van der Waals surface area contributed by atoms with Crippen molar-refractivity contribution in [2.24, 2.45) is 0 Å². The van der Waals surface area contributed by atoms with E-state index < -0.39 is 0 Å². The summed E-state index contributed by atoms with van der Waals surface area (Å²) in [5, 5.41) is 0. The van der Waals surface area contributed by atoms with Crippen LogP contribution in [0, 0.1) is 0 Å². The first-order chi connectivity index (χ1) is 19.4. The highest BCUT2D eigenvalue weighted by Crippen LogP contribution is 2.56. The van der Waals surface area contributed by atoms with E-state index in [0.717, 1.165) is 33.5 Å². The van der Waals surface area contributed by atoms with Gasteiger partial charge in [-0.25, -0.2) is 9.97 Å². The topological polar surface area (TPSA) is 25.8 Å². The Labute approximate surface area is 236 Å². The summed E-state index contributed by atoms with van der Waals surface area (Å²) in [4.78, 5) is 10.3. The number of benzene rings is 5. The number of aromatic nitrogens is 2. The molecule has 1 aromatic heterocycles. The van der Waals surface area contributed by atoms with E-state index in [0.29, 0.717) is 0 Å². The Morgan fingerprint density at radius 1 is 0.425 bits per heavy atom. The van der Waals surface area contributed by atoms with Crippen LogP contribution < -0.4 is 0 Å². The Morgan fingerprint density at radius 3 is 1.62 bits per heavy atom. The Balaban J connectivity index is 1.51. The van der Waals surface area contributed by atoms with Crippen LogP contribution in [0.5, 0.6) is 0 Å². The van der Waals surface area contributed by atoms with E-state index in [4.69, 9.17) is 9.97 Å². The van der Waals surface area contributed by atoms with Gasteiger partial charge in [0.1, 0.15) is 0 Å². The van der Waals surface area contributed by atoms with Crippen molar-refractivity contribution >= 4 is 11.0 Å². The number of hydrogen-bond acceptors (Lipinski definition) is 2. The highest BCUT2D eigenvalue weighted by molar-refractivity contribution is 5.90. The molecule has 0 radical (unpaired) electrons. The smallest absolute Gasteiger partial charge is 0.0973 e. The minimum Gasteiger partial charge on any atom is -0.244 e. The number of hydrogen-bond donors (Lipinski definition) is 0. The molecule has 0 N–H and O–H groups in total. The fourth-order valence-corrected chi connectivity index (χ4v) is 6.42. The molecule has 0 fully saturated rings. The molecule has 0 atom stereocenters. The Morgan fingerprint density at radius 2 is 0.975 bits per heavy atom. The average Bonchev–Trinajstić information content (AvgIpc) is 3.00. The molecule has 0 aliphatic heterocycles. The zero-order valence-electron chi connectivity index (χ0n) is 23.4. The van der Waals surface area contributed by atoms with Crippen LogP contribution in [0.25, 0.3) is 55.8 Å². The van der Waals surface area contributed by atoms with E-state index in [1.54, 1.807) is 0 Å². The van der Waals surface area contributed by atoms with Crippen LogP contribution in [0.2, 0.25) is 0 Å². The van der Waals surface area contributed by atoms with Gasteiger partial charge in [-0.3, -0.25) is 0 Å². The van der Waals surface area contributed by atoms with Gasteiger partial charge in [-0.15, -0.1) is 0 Å². The van der Waals surface area contributed by atoms with Crippen molar-refractivity contribution in [3.8, 4) is 44.8 Å². The summed E-state index contributed by atoms with van der Waals surface area (Å²) in [6.45, 7) is 9.58. The van der Waals surface area contributed by atoms with Gasteiger partial charge in [0.15, 0.2) is 0 Å². The van der Waals surface area contributed by atoms with E-state index in [9.17, 15) is 0 Å². The zero-order chi connectivity index (χ0) is 27.5. The second-order valence-electron chi connectivity index (χ2n) is 11.9. The molecule has 1 aliphatic rings. The summed E-state index contributed by atoms with van der Waals surface area (Å²) in [7, 11) is 0. The Kier molecular flexibility index (Phi) is 5.50. The average molecular weight is 517 g/mol. The van der Waals surface area contributed by atoms with Gasteiger partial charge in [0, 0.05) is 16.5 Å². The number of rotatable bonds is 3. The normalized spacial score (nSPS) is 14.9. The van der Waals surface area contributed by atoms with Crippen molar-refractivity contribution in [3.05, 3.63) is 132 Å². The van der Waals surface area contributed by atoms with E-state index >= 15 is 0 Å². The highest BCUT2D eigenvalue weighted by atomic mass is 14.8. The molecule has 2 nitrogen and oxygen atoms in total. The van der Waals surface area contributed by atoms with Crippen LogP contribution >= 0.6 is 0 Å². The summed E-state index contributed by atoms with van der Waals surface area (Å²) in [6.07, 6.45) is 0. The fourth-order valence-electron chi connectivity index (χ4n) is 6.42. The molecule has 2 heteroatoms. The van der Waals surface area contributed by atoms with Crippen molar-refractivity contribution in [2.75, 3.05) is 0 Å². The molecule has 40 heavy (non-hydrogen) atoms. The summed E-state index contributed by atoms with van der Waals surface area (Å²) >= 11 is 0. The van der Waals surface area contributed by atoms with Crippen LogP contribution in [0.15, 0.2) is 121 Å². The zero-order valence-corrected chi connectivity index (χ0v) is 23.4. The molecule has 0 saturated carbocycles. The first-order valence-electron chi connectivity index (χ1n) is 14.0. The van der Waals surface area contributed by atoms with Gasteiger partial charge in [-0.2, -0.15) is 0 Å². The van der Waals surface area contributed by atoms with Gasteiger partial charge in [-0.05, 0) is 57.0 Å². The van der Waals surface area contributed by atoms with E-state index in [2.05, 4.69) is 119 Å². The van der Waals surface area contributed by atoms with Gasteiger partial charge < -0.3 is 0 Å². The quantitative estimate of drug-likeness (QED) is 0.234. The lowest BCUT2D eigenvalue weighted by atomic mass is 9.54. The standard InChI is InChI=1S/C38H32N2/c1-37(2)31-23-22-27(36-35(26-16-9-6-10-17-26)39-32-20-11-12-21-33(32)40-36)24-30(31)29-19-13-18-28(34(29)38(37,3)4)25-14-7-5-8-15-25/h5-24H,1-4H3. The third kappa shape index (κ3) is 3.63. The van der Waals surface area contributed by atoms with Gasteiger partial charge >= 0.3 is 0 Å². The molecule has 5 aromatic carbocycles. The SMILES string of the molecule is CC1(C)c2ccc(-c3nc4ccccc4nc3-c3ccccc3)cc2-c2cccc(-c3ccccc3)c2C1(C)C.